The van der Waals surface area contributed by atoms with Gasteiger partial charge in [0.1, 0.15) is 0 Å². The fourth-order valence-corrected chi connectivity index (χ4v) is 3.46. The van der Waals surface area contributed by atoms with Gasteiger partial charge in [-0.25, -0.2) is 0 Å². The van der Waals surface area contributed by atoms with Gasteiger partial charge >= 0.3 is 0 Å². The molecule has 5 nitrogen and oxygen atoms in total. The number of thiophene rings is 1. The van der Waals surface area contributed by atoms with Gasteiger partial charge < -0.3 is 10.2 Å². The van der Waals surface area contributed by atoms with Crippen LogP contribution in [0.25, 0.3) is 0 Å². The van der Waals surface area contributed by atoms with E-state index in [-0.39, 0.29) is 17.7 Å². The summed E-state index contributed by atoms with van der Waals surface area (Å²) in [5.41, 5.74) is 1.25. The van der Waals surface area contributed by atoms with Gasteiger partial charge in [-0.05, 0) is 48.6 Å². The van der Waals surface area contributed by atoms with Crippen molar-refractivity contribution < 1.29 is 9.59 Å². The maximum atomic E-state index is 12.3. The van der Waals surface area contributed by atoms with E-state index in [1.54, 1.807) is 24.3 Å². The van der Waals surface area contributed by atoms with Crippen LogP contribution >= 0.6 is 11.3 Å². The molecule has 1 aliphatic heterocycles. The van der Waals surface area contributed by atoms with E-state index in [2.05, 4.69) is 5.32 Å². The molecule has 1 saturated heterocycles. The first-order chi connectivity index (χ1) is 11.7. The zero-order valence-electron chi connectivity index (χ0n) is 13.1. The molecule has 24 heavy (non-hydrogen) atoms. The summed E-state index contributed by atoms with van der Waals surface area (Å²) in [7, 11) is 0. The van der Waals surface area contributed by atoms with E-state index in [1.165, 1.54) is 11.3 Å². The summed E-state index contributed by atoms with van der Waals surface area (Å²) in [5, 5.41) is 13.6. The van der Waals surface area contributed by atoms with Crippen LogP contribution in [0.3, 0.4) is 0 Å². The highest BCUT2D eigenvalue weighted by Crippen LogP contribution is 2.22. The zero-order valence-corrected chi connectivity index (χ0v) is 13.9. The number of anilines is 1. The molecule has 2 heterocycles. The molecule has 0 aliphatic carbocycles. The highest BCUT2D eigenvalue weighted by atomic mass is 32.1. The van der Waals surface area contributed by atoms with Crippen LogP contribution in [-0.2, 0) is 4.79 Å². The number of hydrogen-bond donors (Lipinski definition) is 1. The van der Waals surface area contributed by atoms with Gasteiger partial charge in [0.15, 0.2) is 0 Å². The van der Waals surface area contributed by atoms with Crippen LogP contribution in [0.5, 0.6) is 0 Å². The van der Waals surface area contributed by atoms with Crippen LogP contribution in [0.1, 0.15) is 28.1 Å². The number of nitrogens with one attached hydrogen (secondary N) is 1. The number of nitriles is 1. The van der Waals surface area contributed by atoms with Crippen LogP contribution in [-0.4, -0.2) is 29.8 Å². The van der Waals surface area contributed by atoms with Gasteiger partial charge in [0, 0.05) is 24.7 Å². The third-order valence-corrected chi connectivity index (χ3v) is 5.02. The Balaban J connectivity index is 1.53. The van der Waals surface area contributed by atoms with Crippen molar-refractivity contribution in [1.29, 1.82) is 5.26 Å². The number of nitrogens with zero attached hydrogens (tertiary/aromatic N) is 2. The van der Waals surface area contributed by atoms with Crippen molar-refractivity contribution >= 4 is 28.8 Å². The highest BCUT2D eigenvalue weighted by Gasteiger charge is 2.28. The molecule has 122 valence electrons. The molecule has 1 aromatic carbocycles. The maximum absolute atomic E-state index is 12.3. The molecule has 2 aromatic rings. The molecular weight excluding hydrogens is 322 g/mol. The van der Waals surface area contributed by atoms with Gasteiger partial charge in [-0.2, -0.15) is 5.26 Å². The molecule has 1 N–H and O–H groups in total. The van der Waals surface area contributed by atoms with Crippen LogP contribution in [0.15, 0.2) is 41.8 Å². The predicted octanol–water partition coefficient (Wildman–Crippen LogP) is 3.11. The SMILES string of the molecule is N#Cc1ccc(NC(=O)C2CCN(C(=O)c3cccs3)CC2)cc1. The number of carbonyl (C=O) groups is 2. The third-order valence-electron chi connectivity index (χ3n) is 4.17. The molecule has 1 aliphatic rings. The van der Waals surface area contributed by atoms with Crippen LogP contribution in [0, 0.1) is 17.2 Å². The summed E-state index contributed by atoms with van der Waals surface area (Å²) >= 11 is 1.44. The van der Waals surface area contributed by atoms with Crippen molar-refractivity contribution in [3.05, 3.63) is 52.2 Å². The maximum Gasteiger partial charge on any atom is 0.263 e. The average Bonchev–Trinajstić information content (AvgIpc) is 3.16. The topological polar surface area (TPSA) is 73.2 Å². The van der Waals surface area contributed by atoms with Crippen LogP contribution in [0.2, 0.25) is 0 Å². The van der Waals surface area contributed by atoms with E-state index in [0.29, 0.717) is 37.2 Å². The molecule has 0 atom stereocenters. The van der Waals surface area contributed by atoms with Crippen molar-refractivity contribution in [3.63, 3.8) is 0 Å². The molecule has 0 saturated carbocycles. The Bertz CT molecular complexity index is 755. The Morgan fingerprint density at radius 2 is 1.88 bits per heavy atom. The summed E-state index contributed by atoms with van der Waals surface area (Å²) in [5.74, 6) is -0.0630. The summed E-state index contributed by atoms with van der Waals surface area (Å²) < 4.78 is 0. The first kappa shape index (κ1) is 16.2. The monoisotopic (exact) mass is 339 g/mol. The molecule has 2 amide bonds. The standard InChI is InChI=1S/C18H17N3O2S/c19-12-13-3-5-15(6-4-13)20-17(22)14-7-9-21(10-8-14)18(23)16-2-1-11-24-16/h1-6,11,14H,7-10H2,(H,20,22). The third kappa shape index (κ3) is 3.63. The molecule has 1 fully saturated rings. The lowest BCUT2D eigenvalue weighted by Crippen LogP contribution is -2.41. The number of piperidine rings is 1. The lowest BCUT2D eigenvalue weighted by Gasteiger charge is -2.31. The van der Waals surface area contributed by atoms with Gasteiger partial charge in [-0.3, -0.25) is 9.59 Å². The molecule has 0 unspecified atom stereocenters. The van der Waals surface area contributed by atoms with Gasteiger partial charge in [-0.15, -0.1) is 11.3 Å². The fraction of sp³-hybridized carbons (Fsp3) is 0.278. The van der Waals surface area contributed by atoms with E-state index in [0.717, 1.165) is 4.88 Å². The number of benzene rings is 1. The predicted molar refractivity (Wildman–Crippen MR) is 92.7 cm³/mol. The number of carbonyl (C=O) groups excluding carboxylic acids is 2. The first-order valence-corrected chi connectivity index (χ1v) is 8.69. The molecular formula is C18H17N3O2S. The molecule has 0 radical (unpaired) electrons. The summed E-state index contributed by atoms with van der Waals surface area (Å²) in [6, 6.07) is 12.6. The number of amides is 2. The smallest absolute Gasteiger partial charge is 0.263 e. The molecule has 1 aromatic heterocycles. The summed E-state index contributed by atoms with van der Waals surface area (Å²) in [6.45, 7) is 1.20. The normalized spacial score (nSPS) is 14.9. The number of rotatable bonds is 3. The van der Waals surface area contributed by atoms with Crippen molar-refractivity contribution in [1.82, 2.24) is 4.90 Å². The Labute approximate surface area is 144 Å². The molecule has 3 rings (SSSR count). The van der Waals surface area contributed by atoms with E-state index in [9.17, 15) is 9.59 Å². The Kier molecular flexibility index (Phi) is 4.92. The average molecular weight is 339 g/mol. The van der Waals surface area contributed by atoms with Gasteiger partial charge in [-0.1, -0.05) is 6.07 Å². The molecule has 0 spiro atoms. The fourth-order valence-electron chi connectivity index (χ4n) is 2.77. The Morgan fingerprint density at radius 3 is 2.46 bits per heavy atom. The van der Waals surface area contributed by atoms with E-state index >= 15 is 0 Å². The zero-order chi connectivity index (χ0) is 16.9. The van der Waals surface area contributed by atoms with E-state index < -0.39 is 0 Å². The molecule has 6 heteroatoms. The lowest BCUT2D eigenvalue weighted by atomic mass is 9.95. The minimum Gasteiger partial charge on any atom is -0.338 e. The number of hydrogen-bond acceptors (Lipinski definition) is 4. The van der Waals surface area contributed by atoms with Crippen molar-refractivity contribution in [2.24, 2.45) is 5.92 Å². The lowest BCUT2D eigenvalue weighted by molar-refractivity contribution is -0.121. The van der Waals surface area contributed by atoms with Crippen molar-refractivity contribution in [2.45, 2.75) is 12.8 Å². The second-order valence-corrected chi connectivity index (χ2v) is 6.67. The van der Waals surface area contributed by atoms with Gasteiger partial charge in [0.05, 0.1) is 16.5 Å². The minimum atomic E-state index is -0.0898. The number of likely N-dealkylation sites (tertiary alicyclic amines) is 1. The second kappa shape index (κ2) is 7.28. The van der Waals surface area contributed by atoms with Gasteiger partial charge in [0.25, 0.3) is 5.91 Å². The quantitative estimate of drug-likeness (QED) is 0.934. The largest absolute Gasteiger partial charge is 0.338 e. The van der Waals surface area contributed by atoms with Crippen LogP contribution in [0.4, 0.5) is 5.69 Å². The summed E-state index contributed by atoms with van der Waals surface area (Å²) in [4.78, 5) is 27.2. The van der Waals surface area contributed by atoms with E-state index in [4.69, 9.17) is 5.26 Å². The summed E-state index contributed by atoms with van der Waals surface area (Å²) in [6.07, 6.45) is 1.33. The van der Waals surface area contributed by atoms with Crippen molar-refractivity contribution in [3.8, 4) is 6.07 Å². The first-order valence-electron chi connectivity index (χ1n) is 7.81. The van der Waals surface area contributed by atoms with Gasteiger partial charge in [0.2, 0.25) is 5.91 Å². The Hall–Kier alpha value is -2.65. The Morgan fingerprint density at radius 1 is 1.17 bits per heavy atom. The van der Waals surface area contributed by atoms with Crippen molar-refractivity contribution in [2.75, 3.05) is 18.4 Å². The van der Waals surface area contributed by atoms with E-state index in [1.807, 2.05) is 28.5 Å². The second-order valence-electron chi connectivity index (χ2n) is 5.72. The van der Waals surface area contributed by atoms with Crippen LogP contribution < -0.4 is 5.32 Å². The minimum absolute atomic E-state index is 0.0251. The molecule has 0 bridgehead atoms. The highest BCUT2D eigenvalue weighted by molar-refractivity contribution is 7.12.